The van der Waals surface area contributed by atoms with E-state index in [0.717, 1.165) is 5.56 Å². The summed E-state index contributed by atoms with van der Waals surface area (Å²) in [5.74, 6) is 0. The molecule has 58 valence electrons. The van der Waals surface area contributed by atoms with Gasteiger partial charge in [0.1, 0.15) is 5.15 Å². The second-order valence-electron chi connectivity index (χ2n) is 2.27. The molecular formula is C6H7BClNO2. The van der Waals surface area contributed by atoms with Crippen LogP contribution in [0.15, 0.2) is 12.1 Å². The van der Waals surface area contributed by atoms with Gasteiger partial charge in [-0.05, 0) is 24.6 Å². The molecule has 0 bridgehead atoms. The van der Waals surface area contributed by atoms with E-state index in [1.54, 1.807) is 19.1 Å². The summed E-state index contributed by atoms with van der Waals surface area (Å²) in [5.41, 5.74) is 1.03. The summed E-state index contributed by atoms with van der Waals surface area (Å²) in [7, 11) is -1.55. The number of hydrogen-bond acceptors (Lipinski definition) is 3. The highest BCUT2D eigenvalue weighted by Crippen LogP contribution is 2.03. The number of aromatic nitrogens is 1. The Bertz CT molecular complexity index is 247. The average Bonchev–Trinajstić information content (AvgIpc) is 1.85. The molecule has 0 spiro atoms. The Kier molecular flexibility index (Phi) is 2.49. The van der Waals surface area contributed by atoms with Crippen LogP contribution >= 0.6 is 11.6 Å². The molecule has 0 amide bonds. The molecule has 0 aromatic carbocycles. The largest absolute Gasteiger partial charge is 0.508 e. The summed E-state index contributed by atoms with van der Waals surface area (Å²) < 4.78 is 0. The van der Waals surface area contributed by atoms with Crippen LogP contribution in [0.25, 0.3) is 0 Å². The van der Waals surface area contributed by atoms with Gasteiger partial charge in [-0.3, -0.25) is 0 Å². The van der Waals surface area contributed by atoms with E-state index in [1.165, 1.54) is 0 Å². The molecule has 11 heavy (non-hydrogen) atoms. The number of pyridine rings is 1. The van der Waals surface area contributed by atoms with Crippen molar-refractivity contribution < 1.29 is 10.0 Å². The third-order valence-electron chi connectivity index (χ3n) is 1.22. The quantitative estimate of drug-likeness (QED) is 0.451. The maximum absolute atomic E-state index is 8.71. The summed E-state index contributed by atoms with van der Waals surface area (Å²) in [6.07, 6.45) is 0. The van der Waals surface area contributed by atoms with Gasteiger partial charge >= 0.3 is 7.12 Å². The molecule has 3 nitrogen and oxygen atoms in total. The second kappa shape index (κ2) is 3.22. The van der Waals surface area contributed by atoms with Crippen molar-refractivity contribution in [1.29, 1.82) is 0 Å². The Labute approximate surface area is 69.8 Å². The molecule has 0 saturated heterocycles. The van der Waals surface area contributed by atoms with E-state index in [4.69, 9.17) is 21.6 Å². The molecule has 5 heteroatoms. The van der Waals surface area contributed by atoms with Gasteiger partial charge in [0.2, 0.25) is 0 Å². The molecule has 0 saturated carbocycles. The fourth-order valence-electron chi connectivity index (χ4n) is 0.783. The van der Waals surface area contributed by atoms with E-state index >= 15 is 0 Å². The van der Waals surface area contributed by atoms with Gasteiger partial charge in [-0.25, -0.2) is 4.98 Å². The SMILES string of the molecule is Cc1cc(Cl)nc(B(O)O)c1. The van der Waals surface area contributed by atoms with E-state index in [2.05, 4.69) is 4.98 Å². The second-order valence-corrected chi connectivity index (χ2v) is 2.65. The van der Waals surface area contributed by atoms with Crippen LogP contribution < -0.4 is 5.59 Å². The van der Waals surface area contributed by atoms with Gasteiger partial charge in [-0.15, -0.1) is 0 Å². The molecule has 0 aliphatic carbocycles. The molecule has 1 rings (SSSR count). The maximum Gasteiger partial charge on any atom is 0.508 e. The first-order valence-corrected chi connectivity index (χ1v) is 3.47. The lowest BCUT2D eigenvalue weighted by Crippen LogP contribution is -2.32. The van der Waals surface area contributed by atoms with E-state index in [-0.39, 0.29) is 10.7 Å². The summed E-state index contributed by atoms with van der Waals surface area (Å²) in [6.45, 7) is 1.80. The first-order chi connectivity index (χ1) is 5.09. The lowest BCUT2D eigenvalue weighted by molar-refractivity contribution is 0.424. The van der Waals surface area contributed by atoms with Gasteiger partial charge in [0.25, 0.3) is 0 Å². The Morgan fingerprint density at radius 2 is 2.09 bits per heavy atom. The Hall–Kier alpha value is -0.575. The molecule has 1 heterocycles. The standard InChI is InChI=1S/C6H7BClNO2/c1-4-2-5(7(10)11)9-6(8)3-4/h2-3,10-11H,1H3. The third-order valence-corrected chi connectivity index (χ3v) is 1.42. The lowest BCUT2D eigenvalue weighted by Gasteiger charge is -1.99. The van der Waals surface area contributed by atoms with Crippen LogP contribution in [0.2, 0.25) is 5.15 Å². The van der Waals surface area contributed by atoms with Gasteiger partial charge in [-0.2, -0.15) is 0 Å². The summed E-state index contributed by atoms with van der Waals surface area (Å²) in [6, 6.07) is 3.21. The fraction of sp³-hybridized carbons (Fsp3) is 0.167. The molecule has 0 fully saturated rings. The molecule has 0 aliphatic rings. The zero-order valence-electron chi connectivity index (χ0n) is 5.95. The van der Waals surface area contributed by atoms with E-state index in [1.807, 2.05) is 0 Å². The molecular weight excluding hydrogens is 164 g/mol. The molecule has 2 N–H and O–H groups in total. The molecule has 0 radical (unpaired) electrons. The smallest absolute Gasteiger partial charge is 0.422 e. The number of aryl methyl sites for hydroxylation is 1. The van der Waals surface area contributed by atoms with Gasteiger partial charge in [0, 0.05) is 0 Å². The van der Waals surface area contributed by atoms with Crippen LogP contribution in [-0.2, 0) is 0 Å². The number of hydrogen-bond donors (Lipinski definition) is 2. The zero-order chi connectivity index (χ0) is 8.43. The van der Waals surface area contributed by atoms with Crippen molar-refractivity contribution in [3.05, 3.63) is 22.8 Å². The molecule has 0 atom stereocenters. The molecule has 1 aromatic rings. The van der Waals surface area contributed by atoms with E-state index < -0.39 is 7.12 Å². The highest BCUT2D eigenvalue weighted by Gasteiger charge is 2.13. The van der Waals surface area contributed by atoms with Gasteiger partial charge in [-0.1, -0.05) is 11.6 Å². The lowest BCUT2D eigenvalue weighted by atomic mass is 9.85. The topological polar surface area (TPSA) is 53.4 Å². The highest BCUT2D eigenvalue weighted by molar-refractivity contribution is 6.57. The predicted molar refractivity (Wildman–Crippen MR) is 43.8 cm³/mol. The Balaban J connectivity index is 3.08. The highest BCUT2D eigenvalue weighted by atomic mass is 35.5. The van der Waals surface area contributed by atoms with Crippen molar-refractivity contribution in [3.8, 4) is 0 Å². The van der Waals surface area contributed by atoms with Gasteiger partial charge in [0.05, 0.1) is 5.59 Å². The first-order valence-electron chi connectivity index (χ1n) is 3.10. The normalized spacial score (nSPS) is 9.82. The van der Waals surface area contributed by atoms with Crippen molar-refractivity contribution >= 4 is 24.3 Å². The first kappa shape index (κ1) is 8.52. The van der Waals surface area contributed by atoms with Crippen molar-refractivity contribution in [1.82, 2.24) is 4.98 Å². The minimum atomic E-state index is -1.55. The molecule has 1 aromatic heterocycles. The maximum atomic E-state index is 8.71. The minimum Gasteiger partial charge on any atom is -0.422 e. The van der Waals surface area contributed by atoms with E-state index in [9.17, 15) is 0 Å². The Morgan fingerprint density at radius 1 is 1.45 bits per heavy atom. The van der Waals surface area contributed by atoms with Crippen LogP contribution in [-0.4, -0.2) is 22.2 Å². The number of halogens is 1. The summed E-state index contributed by atoms with van der Waals surface area (Å²) >= 11 is 5.56. The van der Waals surface area contributed by atoms with Crippen molar-refractivity contribution in [2.75, 3.05) is 0 Å². The minimum absolute atomic E-state index is 0.176. The fourth-order valence-corrected chi connectivity index (χ4v) is 1.05. The number of nitrogens with zero attached hydrogens (tertiary/aromatic N) is 1. The van der Waals surface area contributed by atoms with Crippen molar-refractivity contribution in [2.45, 2.75) is 6.92 Å². The van der Waals surface area contributed by atoms with Crippen LogP contribution in [0.1, 0.15) is 5.56 Å². The van der Waals surface area contributed by atoms with Crippen LogP contribution in [0, 0.1) is 6.92 Å². The van der Waals surface area contributed by atoms with Crippen molar-refractivity contribution in [3.63, 3.8) is 0 Å². The monoisotopic (exact) mass is 171 g/mol. The summed E-state index contributed by atoms with van der Waals surface area (Å²) in [4.78, 5) is 3.70. The van der Waals surface area contributed by atoms with Crippen molar-refractivity contribution in [2.24, 2.45) is 0 Å². The van der Waals surface area contributed by atoms with Gasteiger partial charge < -0.3 is 10.0 Å². The summed E-state index contributed by atoms with van der Waals surface area (Å²) in [5, 5.41) is 17.7. The molecule has 0 unspecified atom stereocenters. The van der Waals surface area contributed by atoms with Crippen LogP contribution in [0.4, 0.5) is 0 Å². The predicted octanol–water partition coefficient (Wildman–Crippen LogP) is -0.277. The third kappa shape index (κ3) is 2.18. The van der Waals surface area contributed by atoms with Crippen LogP contribution in [0.5, 0.6) is 0 Å². The molecule has 0 aliphatic heterocycles. The Morgan fingerprint density at radius 3 is 2.55 bits per heavy atom. The zero-order valence-corrected chi connectivity index (χ0v) is 6.71. The number of rotatable bonds is 1. The van der Waals surface area contributed by atoms with Crippen LogP contribution in [0.3, 0.4) is 0 Å². The van der Waals surface area contributed by atoms with E-state index in [0.29, 0.717) is 0 Å². The average molecular weight is 171 g/mol. The van der Waals surface area contributed by atoms with Gasteiger partial charge in [0.15, 0.2) is 0 Å².